The van der Waals surface area contributed by atoms with Crippen molar-refractivity contribution < 1.29 is 4.79 Å². The Labute approximate surface area is 83.2 Å². The number of hydrogen-bond donors (Lipinski definition) is 0. The van der Waals surface area contributed by atoms with Crippen molar-refractivity contribution in [3.63, 3.8) is 0 Å². The summed E-state index contributed by atoms with van der Waals surface area (Å²) in [6.45, 7) is 0. The highest BCUT2D eigenvalue weighted by Gasteiger charge is 2.12. The molecular formula is C10H11NOS. The Bertz CT molecular complexity index is 319. The van der Waals surface area contributed by atoms with E-state index in [9.17, 15) is 4.79 Å². The van der Waals surface area contributed by atoms with Gasteiger partial charge in [-0.25, -0.2) is 0 Å². The monoisotopic (exact) mass is 193 g/mol. The molecule has 0 N–H and O–H groups in total. The van der Waals surface area contributed by atoms with Gasteiger partial charge in [0.05, 0.1) is 0 Å². The van der Waals surface area contributed by atoms with Gasteiger partial charge in [-0.2, -0.15) is 0 Å². The van der Waals surface area contributed by atoms with E-state index >= 15 is 0 Å². The second kappa shape index (κ2) is 4.14. The van der Waals surface area contributed by atoms with Crippen LogP contribution in [0.5, 0.6) is 0 Å². The molecule has 13 heavy (non-hydrogen) atoms. The normalized spacial score (nSPS) is 9.38. The fourth-order valence-electron chi connectivity index (χ4n) is 0.916. The van der Waals surface area contributed by atoms with Crippen LogP contribution in [0.2, 0.25) is 0 Å². The minimum Gasteiger partial charge on any atom is -0.366 e. The lowest BCUT2D eigenvalue weighted by Crippen LogP contribution is -2.27. The summed E-state index contributed by atoms with van der Waals surface area (Å²) in [6.07, 6.45) is 0. The molecular weight excluding hydrogens is 182 g/mol. The summed E-state index contributed by atoms with van der Waals surface area (Å²) >= 11 is 4.96. The molecule has 68 valence electrons. The maximum absolute atomic E-state index is 11.6. The highest BCUT2D eigenvalue weighted by molar-refractivity contribution is 7.82. The molecule has 0 saturated heterocycles. The third-order valence-electron chi connectivity index (χ3n) is 1.64. The fraction of sp³-hybridized carbons (Fsp3) is 0.200. The molecule has 0 aliphatic carbocycles. The summed E-state index contributed by atoms with van der Waals surface area (Å²) in [4.78, 5) is 13.6. The zero-order valence-corrected chi connectivity index (χ0v) is 8.47. The van der Waals surface area contributed by atoms with Crippen molar-refractivity contribution in [2.45, 2.75) is 0 Å². The standard InChI is InChI=1S/C10H11NOS/c1-11(2)10(13)9(12)8-6-4-3-5-7-8/h3-7H,1-2H3. The van der Waals surface area contributed by atoms with Crippen molar-refractivity contribution in [1.29, 1.82) is 0 Å². The van der Waals surface area contributed by atoms with Gasteiger partial charge in [0.2, 0.25) is 5.78 Å². The Hall–Kier alpha value is -1.22. The van der Waals surface area contributed by atoms with Crippen molar-refractivity contribution in [3.05, 3.63) is 35.9 Å². The Balaban J connectivity index is 2.87. The number of ketones is 1. The molecule has 0 aromatic heterocycles. The van der Waals surface area contributed by atoms with Crippen LogP contribution in [0.25, 0.3) is 0 Å². The molecule has 0 heterocycles. The zero-order chi connectivity index (χ0) is 9.84. The van der Waals surface area contributed by atoms with Crippen LogP contribution >= 0.6 is 12.2 Å². The Morgan fingerprint density at radius 2 is 1.77 bits per heavy atom. The highest BCUT2D eigenvalue weighted by atomic mass is 32.1. The van der Waals surface area contributed by atoms with Gasteiger partial charge in [0.15, 0.2) is 0 Å². The molecule has 1 aromatic carbocycles. The van der Waals surface area contributed by atoms with Crippen LogP contribution in [0.3, 0.4) is 0 Å². The van der Waals surface area contributed by atoms with E-state index in [0.717, 1.165) is 0 Å². The zero-order valence-electron chi connectivity index (χ0n) is 7.65. The Kier molecular flexibility index (Phi) is 3.14. The lowest BCUT2D eigenvalue weighted by molar-refractivity contribution is 0.105. The van der Waals surface area contributed by atoms with Crippen molar-refractivity contribution in [2.75, 3.05) is 14.1 Å². The van der Waals surface area contributed by atoms with Gasteiger partial charge >= 0.3 is 0 Å². The third-order valence-corrected chi connectivity index (χ3v) is 2.19. The number of Topliss-reactive ketones (excluding diaryl/α,β-unsaturated/α-hetero) is 1. The van der Waals surface area contributed by atoms with Crippen LogP contribution in [0.15, 0.2) is 30.3 Å². The largest absolute Gasteiger partial charge is 0.366 e. The van der Waals surface area contributed by atoms with E-state index in [2.05, 4.69) is 0 Å². The van der Waals surface area contributed by atoms with E-state index in [1.165, 1.54) is 0 Å². The molecule has 0 aliphatic rings. The van der Waals surface area contributed by atoms with Crippen LogP contribution in [-0.2, 0) is 0 Å². The van der Waals surface area contributed by atoms with E-state index < -0.39 is 0 Å². The number of benzene rings is 1. The van der Waals surface area contributed by atoms with Crippen LogP contribution in [0.1, 0.15) is 10.4 Å². The predicted molar refractivity (Wildman–Crippen MR) is 57.1 cm³/mol. The number of likely N-dealkylation sites (N-methyl/N-ethyl adjacent to an activating group) is 1. The molecule has 1 rings (SSSR count). The summed E-state index contributed by atoms with van der Waals surface area (Å²) in [7, 11) is 3.53. The van der Waals surface area contributed by atoms with E-state index in [-0.39, 0.29) is 5.78 Å². The van der Waals surface area contributed by atoms with E-state index in [4.69, 9.17) is 12.2 Å². The predicted octanol–water partition coefficient (Wildman–Crippen LogP) is 1.76. The van der Waals surface area contributed by atoms with Crippen LogP contribution in [0, 0.1) is 0 Å². The second-order valence-corrected chi connectivity index (χ2v) is 3.28. The first-order valence-electron chi connectivity index (χ1n) is 3.94. The number of carbonyl (C=O) groups is 1. The summed E-state index contributed by atoms with van der Waals surface area (Å²) in [5.74, 6) is -0.0967. The summed E-state index contributed by atoms with van der Waals surface area (Å²) in [5, 5.41) is 0. The first kappa shape index (κ1) is 9.86. The molecule has 0 aliphatic heterocycles. The molecule has 0 saturated carbocycles. The lowest BCUT2D eigenvalue weighted by Gasteiger charge is -2.11. The third kappa shape index (κ3) is 2.36. The van der Waals surface area contributed by atoms with Gasteiger partial charge in [-0.15, -0.1) is 0 Å². The van der Waals surface area contributed by atoms with Crippen molar-refractivity contribution in [3.8, 4) is 0 Å². The van der Waals surface area contributed by atoms with Gasteiger partial charge in [-0.05, 0) is 0 Å². The van der Waals surface area contributed by atoms with Crippen molar-refractivity contribution in [1.82, 2.24) is 4.90 Å². The van der Waals surface area contributed by atoms with Crippen LogP contribution in [-0.4, -0.2) is 29.8 Å². The molecule has 0 bridgehead atoms. The average Bonchev–Trinajstić information content (AvgIpc) is 2.17. The summed E-state index contributed by atoms with van der Waals surface area (Å²) in [6, 6.07) is 9.04. The van der Waals surface area contributed by atoms with Gasteiger partial charge in [0.25, 0.3) is 0 Å². The maximum Gasteiger partial charge on any atom is 0.220 e. The van der Waals surface area contributed by atoms with Gasteiger partial charge in [0, 0.05) is 19.7 Å². The quantitative estimate of drug-likeness (QED) is 0.527. The van der Waals surface area contributed by atoms with Crippen LogP contribution < -0.4 is 0 Å². The fourth-order valence-corrected chi connectivity index (χ4v) is 1.03. The van der Waals surface area contributed by atoms with Crippen LogP contribution in [0.4, 0.5) is 0 Å². The molecule has 0 spiro atoms. The second-order valence-electron chi connectivity index (χ2n) is 2.89. The number of thiocarbonyl (C=S) groups is 1. The topological polar surface area (TPSA) is 20.3 Å². The van der Waals surface area contributed by atoms with Gasteiger partial charge in [0.1, 0.15) is 4.99 Å². The van der Waals surface area contributed by atoms with Crippen molar-refractivity contribution >= 4 is 23.0 Å². The Morgan fingerprint density at radius 1 is 1.23 bits per heavy atom. The van der Waals surface area contributed by atoms with Gasteiger partial charge in [-0.3, -0.25) is 4.79 Å². The molecule has 0 unspecified atom stereocenters. The smallest absolute Gasteiger partial charge is 0.220 e. The van der Waals surface area contributed by atoms with Gasteiger partial charge < -0.3 is 4.90 Å². The SMILES string of the molecule is CN(C)C(=S)C(=O)c1ccccc1. The summed E-state index contributed by atoms with van der Waals surface area (Å²) in [5.41, 5.74) is 0.640. The maximum atomic E-state index is 11.6. The Morgan fingerprint density at radius 3 is 2.23 bits per heavy atom. The summed E-state index contributed by atoms with van der Waals surface area (Å²) < 4.78 is 0. The molecule has 0 amide bonds. The van der Waals surface area contributed by atoms with Gasteiger partial charge in [-0.1, -0.05) is 42.5 Å². The average molecular weight is 193 g/mol. The molecule has 0 radical (unpaired) electrons. The lowest BCUT2D eigenvalue weighted by atomic mass is 10.1. The molecule has 3 heteroatoms. The molecule has 1 aromatic rings. The van der Waals surface area contributed by atoms with Crippen molar-refractivity contribution in [2.24, 2.45) is 0 Å². The van der Waals surface area contributed by atoms with E-state index in [0.29, 0.717) is 10.6 Å². The first-order valence-corrected chi connectivity index (χ1v) is 4.35. The molecule has 0 atom stereocenters. The minimum atomic E-state index is -0.0967. The molecule has 0 fully saturated rings. The highest BCUT2D eigenvalue weighted by Crippen LogP contribution is 2.02. The van der Waals surface area contributed by atoms with E-state index in [1.807, 2.05) is 18.2 Å². The van der Waals surface area contributed by atoms with E-state index in [1.54, 1.807) is 31.1 Å². The number of nitrogens with zero attached hydrogens (tertiary/aromatic N) is 1. The number of carbonyl (C=O) groups excluding carboxylic acids is 1. The minimum absolute atomic E-state index is 0.0967. The number of rotatable bonds is 2. The first-order chi connectivity index (χ1) is 6.13. The molecule has 2 nitrogen and oxygen atoms in total. The number of hydrogen-bond acceptors (Lipinski definition) is 2.